The van der Waals surface area contributed by atoms with Crippen molar-refractivity contribution in [2.24, 2.45) is 0 Å². The number of halogens is 1. The lowest BCUT2D eigenvalue weighted by Gasteiger charge is -2.13. The number of carbonyl (C=O) groups is 1. The van der Waals surface area contributed by atoms with Gasteiger partial charge in [0.2, 0.25) is 0 Å². The second-order valence-corrected chi connectivity index (χ2v) is 4.36. The maximum absolute atomic E-state index is 11.9. The van der Waals surface area contributed by atoms with Crippen LogP contribution in [0.1, 0.15) is 17.3 Å². The summed E-state index contributed by atoms with van der Waals surface area (Å²) in [6.07, 6.45) is 5.02. The molecule has 0 aliphatic carbocycles. The molecule has 1 N–H and O–H groups in total. The van der Waals surface area contributed by atoms with Crippen molar-refractivity contribution in [3.05, 3.63) is 47.5 Å². The minimum Gasteiger partial charge on any atom is -0.348 e. The van der Waals surface area contributed by atoms with Gasteiger partial charge >= 0.3 is 0 Å². The van der Waals surface area contributed by atoms with Crippen molar-refractivity contribution in [2.45, 2.75) is 19.5 Å². The van der Waals surface area contributed by atoms with E-state index in [1.165, 1.54) is 6.20 Å². The van der Waals surface area contributed by atoms with Gasteiger partial charge in [-0.3, -0.25) is 9.48 Å². The Bertz CT molecular complexity index is 509. The first-order valence-corrected chi connectivity index (χ1v) is 5.93. The Morgan fingerprint density at radius 3 is 3.00 bits per heavy atom. The summed E-state index contributed by atoms with van der Waals surface area (Å²) < 4.78 is 1.77. The van der Waals surface area contributed by atoms with E-state index in [0.29, 0.717) is 17.3 Å². The molecule has 6 heteroatoms. The normalized spacial score (nSPS) is 12.1. The highest BCUT2D eigenvalue weighted by Gasteiger charge is 2.10. The summed E-state index contributed by atoms with van der Waals surface area (Å²) in [6, 6.07) is 5.06. The van der Waals surface area contributed by atoms with Gasteiger partial charge in [-0.25, -0.2) is 4.98 Å². The standard InChI is InChI=1S/C12H13ClN4O/c1-9(8-17-6-2-5-15-17)16-12(18)10-3-4-11(13)14-7-10/h2-7,9H,8H2,1H3,(H,16,18). The van der Waals surface area contributed by atoms with Gasteiger partial charge in [-0.05, 0) is 25.1 Å². The molecule has 2 aromatic heterocycles. The molecule has 2 heterocycles. The highest BCUT2D eigenvalue weighted by molar-refractivity contribution is 6.29. The van der Waals surface area contributed by atoms with Gasteiger partial charge in [0.15, 0.2) is 0 Å². The zero-order valence-electron chi connectivity index (χ0n) is 9.88. The third-order valence-corrected chi connectivity index (χ3v) is 2.61. The molecule has 0 saturated heterocycles. The van der Waals surface area contributed by atoms with Crippen molar-refractivity contribution in [3.8, 4) is 0 Å². The Kier molecular flexibility index (Phi) is 3.94. The second-order valence-electron chi connectivity index (χ2n) is 3.97. The van der Waals surface area contributed by atoms with Gasteiger partial charge in [-0.15, -0.1) is 0 Å². The number of nitrogens with one attached hydrogen (secondary N) is 1. The van der Waals surface area contributed by atoms with E-state index >= 15 is 0 Å². The molecule has 0 saturated carbocycles. The van der Waals surface area contributed by atoms with E-state index in [1.807, 2.05) is 19.2 Å². The van der Waals surface area contributed by atoms with Crippen LogP contribution in [0.3, 0.4) is 0 Å². The molecule has 1 amide bonds. The van der Waals surface area contributed by atoms with Crippen LogP contribution in [0.15, 0.2) is 36.8 Å². The summed E-state index contributed by atoms with van der Waals surface area (Å²) in [5, 5.41) is 7.33. The number of amides is 1. The van der Waals surface area contributed by atoms with Gasteiger partial charge < -0.3 is 5.32 Å². The molecule has 94 valence electrons. The molecule has 1 unspecified atom stereocenters. The fourth-order valence-electron chi connectivity index (χ4n) is 1.55. The molecular weight excluding hydrogens is 252 g/mol. The van der Waals surface area contributed by atoms with Crippen LogP contribution in [0.25, 0.3) is 0 Å². The SMILES string of the molecule is CC(Cn1cccn1)NC(=O)c1ccc(Cl)nc1. The highest BCUT2D eigenvalue weighted by Crippen LogP contribution is 2.05. The van der Waals surface area contributed by atoms with Crippen LogP contribution < -0.4 is 5.32 Å². The van der Waals surface area contributed by atoms with Crippen LogP contribution in [0.5, 0.6) is 0 Å². The lowest BCUT2D eigenvalue weighted by molar-refractivity contribution is 0.0935. The zero-order valence-corrected chi connectivity index (χ0v) is 10.6. The fraction of sp³-hybridized carbons (Fsp3) is 0.250. The summed E-state index contributed by atoms with van der Waals surface area (Å²) in [6.45, 7) is 2.54. The molecule has 0 spiro atoms. The van der Waals surface area contributed by atoms with Gasteiger partial charge in [0.25, 0.3) is 5.91 Å². The van der Waals surface area contributed by atoms with E-state index in [1.54, 1.807) is 23.0 Å². The Morgan fingerprint density at radius 2 is 2.39 bits per heavy atom. The molecular formula is C12H13ClN4O. The third kappa shape index (κ3) is 3.30. The number of pyridine rings is 1. The van der Waals surface area contributed by atoms with Crippen molar-refractivity contribution >= 4 is 17.5 Å². The summed E-state index contributed by atoms with van der Waals surface area (Å²) in [4.78, 5) is 15.7. The summed E-state index contributed by atoms with van der Waals surface area (Å²) in [5.41, 5.74) is 0.492. The van der Waals surface area contributed by atoms with Crippen molar-refractivity contribution in [1.82, 2.24) is 20.1 Å². The number of hydrogen-bond donors (Lipinski definition) is 1. The first kappa shape index (κ1) is 12.6. The van der Waals surface area contributed by atoms with E-state index in [9.17, 15) is 4.79 Å². The summed E-state index contributed by atoms with van der Waals surface area (Å²) in [5.74, 6) is -0.168. The van der Waals surface area contributed by atoms with Gasteiger partial charge in [0, 0.05) is 24.6 Å². The number of hydrogen-bond acceptors (Lipinski definition) is 3. The van der Waals surface area contributed by atoms with E-state index in [0.717, 1.165) is 0 Å². The monoisotopic (exact) mass is 264 g/mol. The minimum atomic E-state index is -0.168. The maximum Gasteiger partial charge on any atom is 0.253 e. The molecule has 0 aliphatic heterocycles. The molecule has 2 rings (SSSR count). The van der Waals surface area contributed by atoms with E-state index in [4.69, 9.17) is 11.6 Å². The lowest BCUT2D eigenvalue weighted by atomic mass is 10.2. The molecule has 18 heavy (non-hydrogen) atoms. The largest absolute Gasteiger partial charge is 0.348 e. The molecule has 2 aromatic rings. The quantitative estimate of drug-likeness (QED) is 0.856. The average Bonchev–Trinajstić information content (AvgIpc) is 2.82. The molecule has 5 nitrogen and oxygen atoms in total. The van der Waals surface area contributed by atoms with Crippen molar-refractivity contribution in [3.63, 3.8) is 0 Å². The molecule has 1 atom stereocenters. The van der Waals surface area contributed by atoms with Gasteiger partial charge in [0.1, 0.15) is 5.15 Å². The van der Waals surface area contributed by atoms with Crippen LogP contribution in [-0.2, 0) is 6.54 Å². The minimum absolute atomic E-state index is 0.0203. The predicted molar refractivity (Wildman–Crippen MR) is 68.4 cm³/mol. The molecule has 0 fully saturated rings. The first-order chi connectivity index (χ1) is 8.65. The third-order valence-electron chi connectivity index (χ3n) is 2.39. The Balaban J connectivity index is 1.92. The maximum atomic E-state index is 11.9. The Morgan fingerprint density at radius 1 is 1.56 bits per heavy atom. The van der Waals surface area contributed by atoms with Crippen LogP contribution in [0.2, 0.25) is 5.15 Å². The number of aromatic nitrogens is 3. The second kappa shape index (κ2) is 5.64. The summed E-state index contributed by atoms with van der Waals surface area (Å²) in [7, 11) is 0. The Labute approximate surface area is 110 Å². The zero-order chi connectivity index (χ0) is 13.0. The molecule has 0 radical (unpaired) electrons. The van der Waals surface area contributed by atoms with E-state index < -0.39 is 0 Å². The average molecular weight is 265 g/mol. The highest BCUT2D eigenvalue weighted by atomic mass is 35.5. The fourth-order valence-corrected chi connectivity index (χ4v) is 1.66. The number of carbonyl (C=O) groups excluding carboxylic acids is 1. The molecule has 0 aromatic carbocycles. The van der Waals surface area contributed by atoms with E-state index in [-0.39, 0.29) is 11.9 Å². The van der Waals surface area contributed by atoms with E-state index in [2.05, 4.69) is 15.4 Å². The molecule has 0 aliphatic rings. The van der Waals surface area contributed by atoms with Crippen molar-refractivity contribution < 1.29 is 4.79 Å². The van der Waals surface area contributed by atoms with Gasteiger partial charge in [-0.1, -0.05) is 11.6 Å². The first-order valence-electron chi connectivity index (χ1n) is 5.55. The smallest absolute Gasteiger partial charge is 0.253 e. The Hall–Kier alpha value is -1.88. The lowest BCUT2D eigenvalue weighted by Crippen LogP contribution is -2.35. The number of nitrogens with zero attached hydrogens (tertiary/aromatic N) is 3. The van der Waals surface area contributed by atoms with Gasteiger partial charge in [0.05, 0.1) is 12.1 Å². The summed E-state index contributed by atoms with van der Waals surface area (Å²) >= 11 is 5.66. The van der Waals surface area contributed by atoms with Crippen LogP contribution in [0, 0.1) is 0 Å². The topological polar surface area (TPSA) is 59.8 Å². The predicted octanol–water partition coefficient (Wildman–Crippen LogP) is 1.75. The van der Waals surface area contributed by atoms with Gasteiger partial charge in [-0.2, -0.15) is 5.10 Å². The molecule has 0 bridgehead atoms. The van der Waals surface area contributed by atoms with Crippen molar-refractivity contribution in [1.29, 1.82) is 0 Å². The number of rotatable bonds is 4. The van der Waals surface area contributed by atoms with Crippen LogP contribution >= 0.6 is 11.6 Å². The van der Waals surface area contributed by atoms with Crippen molar-refractivity contribution in [2.75, 3.05) is 0 Å². The van der Waals surface area contributed by atoms with Crippen LogP contribution in [-0.4, -0.2) is 26.7 Å². The van der Waals surface area contributed by atoms with Crippen LogP contribution in [0.4, 0.5) is 0 Å².